The van der Waals surface area contributed by atoms with E-state index in [0.29, 0.717) is 12.3 Å². The number of fused-ring (bicyclic) bond motifs is 1. The zero-order valence-electron chi connectivity index (χ0n) is 14.9. The Hall–Kier alpha value is -2.79. The van der Waals surface area contributed by atoms with Crippen LogP contribution in [-0.4, -0.2) is 53.9 Å². The predicted molar refractivity (Wildman–Crippen MR) is 102 cm³/mol. The number of piperazine rings is 1. The number of aromatic nitrogens is 1. The number of nitrogens with one attached hydrogen (secondary N) is 1. The van der Waals surface area contributed by atoms with Crippen molar-refractivity contribution in [2.75, 3.05) is 33.2 Å². The van der Waals surface area contributed by atoms with Gasteiger partial charge in [-0.1, -0.05) is 30.3 Å². The number of carbonyl (C=O) groups excluding carboxylic acids is 1. The second kappa shape index (κ2) is 7.22. The molecule has 4 rings (SSSR count). The molecule has 0 aliphatic carbocycles. The van der Waals surface area contributed by atoms with Crippen LogP contribution in [0.3, 0.4) is 0 Å². The van der Waals surface area contributed by atoms with Gasteiger partial charge in [0.05, 0.1) is 0 Å². The Morgan fingerprint density at radius 2 is 1.81 bits per heavy atom. The van der Waals surface area contributed by atoms with Crippen LogP contribution in [0.25, 0.3) is 10.9 Å². The lowest BCUT2D eigenvalue weighted by atomic mass is 10.2. The first-order chi connectivity index (χ1) is 12.7. The molecule has 0 radical (unpaired) electrons. The Kier molecular flexibility index (Phi) is 4.63. The van der Waals surface area contributed by atoms with Crippen LogP contribution in [0.15, 0.2) is 54.6 Å². The van der Waals surface area contributed by atoms with Gasteiger partial charge in [0.15, 0.2) is 0 Å². The lowest BCUT2D eigenvalue weighted by molar-refractivity contribution is 0.0659. The first-order valence-electron chi connectivity index (χ1n) is 8.96. The number of nitrogens with zero attached hydrogens (tertiary/aromatic N) is 2. The van der Waals surface area contributed by atoms with Crippen LogP contribution in [0, 0.1) is 0 Å². The van der Waals surface area contributed by atoms with Gasteiger partial charge in [-0.2, -0.15) is 0 Å². The van der Waals surface area contributed by atoms with Gasteiger partial charge in [-0.3, -0.25) is 4.79 Å². The van der Waals surface area contributed by atoms with E-state index in [1.807, 2.05) is 59.5 Å². The molecule has 0 saturated carbocycles. The highest BCUT2D eigenvalue weighted by atomic mass is 16.5. The van der Waals surface area contributed by atoms with Crippen molar-refractivity contribution in [3.63, 3.8) is 0 Å². The van der Waals surface area contributed by atoms with Crippen LogP contribution in [0.5, 0.6) is 5.75 Å². The molecule has 1 N–H and O–H groups in total. The second-order valence-corrected chi connectivity index (χ2v) is 6.80. The fourth-order valence-corrected chi connectivity index (χ4v) is 3.23. The molecule has 5 nitrogen and oxygen atoms in total. The molecule has 26 heavy (non-hydrogen) atoms. The summed E-state index contributed by atoms with van der Waals surface area (Å²) in [5.74, 6) is 0.864. The number of hydrogen-bond donors (Lipinski definition) is 1. The van der Waals surface area contributed by atoms with E-state index in [-0.39, 0.29) is 5.91 Å². The lowest BCUT2D eigenvalue weighted by Gasteiger charge is -2.32. The maximum Gasteiger partial charge on any atom is 0.270 e. The fraction of sp³-hybridized carbons (Fsp3) is 0.286. The smallest absolute Gasteiger partial charge is 0.270 e. The molecular formula is C21H23N3O2. The largest absolute Gasteiger partial charge is 0.489 e. The molecule has 0 spiro atoms. The minimum absolute atomic E-state index is 0.0704. The predicted octanol–water partition coefficient (Wildman–Crippen LogP) is 3.13. The SMILES string of the molecule is CN1CCN(C(=O)c2cc3ccc(OCc4ccccc4)cc3[nH]2)CC1. The maximum absolute atomic E-state index is 12.7. The van der Waals surface area contributed by atoms with Crippen LogP contribution < -0.4 is 4.74 Å². The number of hydrogen-bond acceptors (Lipinski definition) is 3. The van der Waals surface area contributed by atoms with Gasteiger partial charge in [-0.25, -0.2) is 0 Å². The van der Waals surface area contributed by atoms with Crippen molar-refractivity contribution in [1.29, 1.82) is 0 Å². The van der Waals surface area contributed by atoms with Crippen molar-refractivity contribution in [2.24, 2.45) is 0 Å². The monoisotopic (exact) mass is 349 g/mol. The maximum atomic E-state index is 12.7. The molecule has 0 bridgehead atoms. The second-order valence-electron chi connectivity index (χ2n) is 6.80. The van der Waals surface area contributed by atoms with E-state index >= 15 is 0 Å². The van der Waals surface area contributed by atoms with Gasteiger partial charge in [-0.15, -0.1) is 0 Å². The molecule has 1 fully saturated rings. The standard InChI is InChI=1S/C21H23N3O2/c1-23-9-11-24(12-10-23)21(25)20-13-17-7-8-18(14-19(17)22-20)26-15-16-5-3-2-4-6-16/h2-8,13-14,22H,9-12,15H2,1H3. The Bertz CT molecular complexity index is 896. The van der Waals surface area contributed by atoms with Gasteiger partial charge in [0, 0.05) is 43.1 Å². The third-order valence-corrected chi connectivity index (χ3v) is 4.86. The van der Waals surface area contributed by atoms with Crippen LogP contribution in [0.2, 0.25) is 0 Å². The molecule has 2 aromatic carbocycles. The molecule has 5 heteroatoms. The van der Waals surface area contributed by atoms with Gasteiger partial charge in [-0.05, 0) is 30.8 Å². The van der Waals surface area contributed by atoms with Crippen molar-refractivity contribution in [3.8, 4) is 5.75 Å². The summed E-state index contributed by atoms with van der Waals surface area (Å²) in [6.45, 7) is 3.92. The summed E-state index contributed by atoms with van der Waals surface area (Å²) in [7, 11) is 2.09. The molecule has 2 heterocycles. The molecular weight excluding hydrogens is 326 g/mol. The fourth-order valence-electron chi connectivity index (χ4n) is 3.23. The summed E-state index contributed by atoms with van der Waals surface area (Å²) < 4.78 is 5.88. The van der Waals surface area contributed by atoms with Gasteiger partial charge < -0.3 is 19.5 Å². The zero-order chi connectivity index (χ0) is 17.9. The number of amides is 1. The molecule has 134 valence electrons. The number of rotatable bonds is 4. The van der Waals surface area contributed by atoms with Gasteiger partial charge in [0.25, 0.3) is 5.91 Å². The molecule has 3 aromatic rings. The molecule has 1 aliphatic rings. The van der Waals surface area contributed by atoms with Crippen molar-refractivity contribution in [3.05, 3.63) is 65.9 Å². The average molecular weight is 349 g/mol. The Morgan fingerprint density at radius 3 is 2.58 bits per heavy atom. The third-order valence-electron chi connectivity index (χ3n) is 4.86. The Labute approximate surface area is 153 Å². The quantitative estimate of drug-likeness (QED) is 0.787. The van der Waals surface area contributed by atoms with Crippen molar-refractivity contribution in [2.45, 2.75) is 6.61 Å². The van der Waals surface area contributed by atoms with Crippen LogP contribution in [0.1, 0.15) is 16.1 Å². The van der Waals surface area contributed by atoms with E-state index in [1.54, 1.807) is 0 Å². The number of likely N-dealkylation sites (N-methyl/N-ethyl adjacent to an activating group) is 1. The van der Waals surface area contributed by atoms with Gasteiger partial charge >= 0.3 is 0 Å². The number of carbonyl (C=O) groups is 1. The van der Waals surface area contributed by atoms with E-state index in [0.717, 1.165) is 48.4 Å². The number of H-pyrrole nitrogens is 1. The van der Waals surface area contributed by atoms with E-state index in [9.17, 15) is 4.79 Å². The molecule has 1 aliphatic heterocycles. The van der Waals surface area contributed by atoms with E-state index < -0.39 is 0 Å². The first kappa shape index (κ1) is 16.7. The minimum atomic E-state index is 0.0704. The minimum Gasteiger partial charge on any atom is -0.489 e. The summed E-state index contributed by atoms with van der Waals surface area (Å²) in [6, 6.07) is 17.9. The van der Waals surface area contributed by atoms with E-state index in [2.05, 4.69) is 16.9 Å². The molecule has 1 aromatic heterocycles. The van der Waals surface area contributed by atoms with Crippen molar-refractivity contribution < 1.29 is 9.53 Å². The van der Waals surface area contributed by atoms with Crippen LogP contribution in [0.4, 0.5) is 0 Å². The van der Waals surface area contributed by atoms with E-state index in [4.69, 9.17) is 4.74 Å². The Balaban J connectivity index is 1.48. The number of ether oxygens (including phenoxy) is 1. The summed E-state index contributed by atoms with van der Waals surface area (Å²) in [5, 5.41) is 1.02. The zero-order valence-corrected chi connectivity index (χ0v) is 14.9. The Morgan fingerprint density at radius 1 is 1.04 bits per heavy atom. The molecule has 1 amide bonds. The summed E-state index contributed by atoms with van der Waals surface area (Å²) in [5.41, 5.74) is 2.70. The summed E-state index contributed by atoms with van der Waals surface area (Å²) in [6.07, 6.45) is 0. The van der Waals surface area contributed by atoms with Crippen LogP contribution >= 0.6 is 0 Å². The normalized spacial score (nSPS) is 15.3. The number of benzene rings is 2. The molecule has 0 atom stereocenters. The van der Waals surface area contributed by atoms with E-state index in [1.165, 1.54) is 0 Å². The highest BCUT2D eigenvalue weighted by Crippen LogP contribution is 2.23. The molecule has 1 saturated heterocycles. The van der Waals surface area contributed by atoms with Gasteiger partial charge in [0.2, 0.25) is 0 Å². The highest BCUT2D eigenvalue weighted by molar-refractivity contribution is 5.98. The molecule has 0 unspecified atom stereocenters. The number of aromatic amines is 1. The first-order valence-corrected chi connectivity index (χ1v) is 8.96. The average Bonchev–Trinajstić information content (AvgIpc) is 3.10. The van der Waals surface area contributed by atoms with Crippen LogP contribution in [-0.2, 0) is 6.61 Å². The third kappa shape index (κ3) is 3.58. The summed E-state index contributed by atoms with van der Waals surface area (Å²) >= 11 is 0. The van der Waals surface area contributed by atoms with Crippen molar-refractivity contribution in [1.82, 2.24) is 14.8 Å². The highest BCUT2D eigenvalue weighted by Gasteiger charge is 2.21. The van der Waals surface area contributed by atoms with Crippen molar-refractivity contribution >= 4 is 16.8 Å². The van der Waals surface area contributed by atoms with Gasteiger partial charge in [0.1, 0.15) is 18.1 Å². The summed E-state index contributed by atoms with van der Waals surface area (Å²) in [4.78, 5) is 20.1. The lowest BCUT2D eigenvalue weighted by Crippen LogP contribution is -2.47. The topological polar surface area (TPSA) is 48.6 Å².